The van der Waals surface area contributed by atoms with Gasteiger partial charge in [-0.2, -0.15) is 4.72 Å². The summed E-state index contributed by atoms with van der Waals surface area (Å²) in [5.74, 6) is 0. The molecule has 4 N–H and O–H groups in total. The molecule has 0 aliphatic heterocycles. The van der Waals surface area contributed by atoms with Crippen LogP contribution in [0.25, 0.3) is 0 Å². The van der Waals surface area contributed by atoms with Crippen LogP contribution in [-0.2, 0) is 10.0 Å². The second kappa shape index (κ2) is 6.36. The molecule has 19 heavy (non-hydrogen) atoms. The largest absolute Gasteiger partial charge is 0.394 e. The summed E-state index contributed by atoms with van der Waals surface area (Å²) in [5.41, 5.74) is -1.79. The number of sulfonamides is 1. The number of nitrogens with one attached hydrogen (secondary N) is 1. The first kappa shape index (κ1) is 16.6. The lowest BCUT2D eigenvalue weighted by Gasteiger charge is -2.28. The molecule has 0 amide bonds. The molecular formula is C10H13Cl2NO5S. The summed E-state index contributed by atoms with van der Waals surface area (Å²) in [7, 11) is -4.21. The Balaban J connectivity index is 3.26. The van der Waals surface area contributed by atoms with Crippen LogP contribution in [0.4, 0.5) is 0 Å². The third-order valence-corrected chi connectivity index (χ3v) is 4.98. The normalized spacial score (nSPS) is 12.7. The van der Waals surface area contributed by atoms with Crippen LogP contribution in [0.1, 0.15) is 0 Å². The summed E-state index contributed by atoms with van der Waals surface area (Å²) in [6, 6.07) is 4.14. The van der Waals surface area contributed by atoms with Gasteiger partial charge in [0.15, 0.2) is 0 Å². The van der Waals surface area contributed by atoms with E-state index >= 15 is 0 Å². The molecule has 0 fully saturated rings. The van der Waals surface area contributed by atoms with E-state index in [1.54, 1.807) is 0 Å². The Bertz CT molecular complexity index is 516. The number of halogens is 2. The van der Waals surface area contributed by atoms with Crippen LogP contribution < -0.4 is 4.72 Å². The van der Waals surface area contributed by atoms with E-state index in [4.69, 9.17) is 38.5 Å². The highest BCUT2D eigenvalue weighted by atomic mass is 35.5. The zero-order valence-corrected chi connectivity index (χ0v) is 12.0. The minimum atomic E-state index is -4.21. The van der Waals surface area contributed by atoms with Crippen molar-refractivity contribution >= 4 is 33.2 Å². The van der Waals surface area contributed by atoms with Gasteiger partial charge in [-0.15, -0.1) is 0 Å². The maximum atomic E-state index is 12.2. The van der Waals surface area contributed by atoms with Crippen LogP contribution in [0, 0.1) is 0 Å². The van der Waals surface area contributed by atoms with Crippen LogP contribution in [-0.4, -0.2) is 49.1 Å². The summed E-state index contributed by atoms with van der Waals surface area (Å²) in [4.78, 5) is -0.377. The van der Waals surface area contributed by atoms with Gasteiger partial charge in [0.2, 0.25) is 10.0 Å². The summed E-state index contributed by atoms with van der Waals surface area (Å²) in [6.07, 6.45) is 0. The lowest BCUT2D eigenvalue weighted by Crippen LogP contribution is -2.56. The standard InChI is InChI=1S/C10H13Cl2NO5S/c11-7-2-1-3-8(12)9(7)19(17,18)13-10(4-14,5-15)6-16/h1-3,13-16H,4-6H2. The van der Waals surface area contributed by atoms with E-state index in [1.165, 1.54) is 18.2 Å². The van der Waals surface area contributed by atoms with Crippen molar-refractivity contribution in [1.82, 2.24) is 4.72 Å². The topological polar surface area (TPSA) is 107 Å². The lowest BCUT2D eigenvalue weighted by molar-refractivity contribution is 0.0582. The summed E-state index contributed by atoms with van der Waals surface area (Å²) in [6.45, 7) is -2.37. The van der Waals surface area contributed by atoms with Crippen LogP contribution in [0.15, 0.2) is 23.1 Å². The van der Waals surface area contributed by atoms with Gasteiger partial charge in [0.25, 0.3) is 0 Å². The molecule has 0 aromatic heterocycles. The smallest absolute Gasteiger partial charge is 0.244 e. The van der Waals surface area contributed by atoms with Gasteiger partial charge in [0.1, 0.15) is 10.4 Å². The van der Waals surface area contributed by atoms with E-state index in [0.717, 1.165) is 0 Å². The summed E-state index contributed by atoms with van der Waals surface area (Å²) < 4.78 is 26.3. The van der Waals surface area contributed by atoms with Gasteiger partial charge >= 0.3 is 0 Å². The second-order valence-corrected chi connectivity index (χ2v) is 6.34. The molecule has 1 aromatic rings. The third kappa shape index (κ3) is 3.57. The molecule has 6 nitrogen and oxygen atoms in total. The quantitative estimate of drug-likeness (QED) is 0.587. The maximum Gasteiger partial charge on any atom is 0.244 e. The molecule has 0 saturated heterocycles. The number of benzene rings is 1. The van der Waals surface area contributed by atoms with Gasteiger partial charge in [-0.1, -0.05) is 29.3 Å². The molecular weight excluding hydrogens is 317 g/mol. The SMILES string of the molecule is O=S(=O)(NC(CO)(CO)CO)c1c(Cl)cccc1Cl. The van der Waals surface area contributed by atoms with Crippen molar-refractivity contribution in [2.45, 2.75) is 10.4 Å². The Kier molecular flexibility index (Phi) is 5.57. The maximum absolute atomic E-state index is 12.2. The first-order chi connectivity index (χ1) is 8.82. The average Bonchev–Trinajstić information content (AvgIpc) is 2.35. The number of rotatable bonds is 6. The molecule has 0 saturated carbocycles. The first-order valence-corrected chi connectivity index (χ1v) is 7.36. The molecule has 0 bridgehead atoms. The van der Waals surface area contributed by atoms with Crippen molar-refractivity contribution < 1.29 is 23.7 Å². The second-order valence-electron chi connectivity index (χ2n) is 3.91. The van der Waals surface area contributed by atoms with Crippen LogP contribution in [0.3, 0.4) is 0 Å². The molecule has 0 unspecified atom stereocenters. The van der Waals surface area contributed by atoms with Crippen molar-refractivity contribution in [2.75, 3.05) is 19.8 Å². The molecule has 0 atom stereocenters. The highest BCUT2D eigenvalue weighted by Crippen LogP contribution is 2.29. The number of hydrogen-bond donors (Lipinski definition) is 4. The van der Waals surface area contributed by atoms with E-state index in [0.29, 0.717) is 0 Å². The van der Waals surface area contributed by atoms with Gasteiger partial charge < -0.3 is 15.3 Å². The van der Waals surface area contributed by atoms with E-state index in [2.05, 4.69) is 0 Å². The molecule has 0 radical (unpaired) electrons. The molecule has 1 rings (SSSR count). The number of aliphatic hydroxyl groups excluding tert-OH is 3. The first-order valence-electron chi connectivity index (χ1n) is 5.12. The predicted octanol–water partition coefficient (Wildman–Crippen LogP) is -0.0126. The fourth-order valence-electron chi connectivity index (χ4n) is 1.32. The zero-order chi connectivity index (χ0) is 14.7. The van der Waals surface area contributed by atoms with Crippen molar-refractivity contribution in [3.05, 3.63) is 28.2 Å². The van der Waals surface area contributed by atoms with E-state index in [9.17, 15) is 8.42 Å². The zero-order valence-electron chi connectivity index (χ0n) is 9.68. The van der Waals surface area contributed by atoms with E-state index in [-0.39, 0.29) is 14.9 Å². The molecule has 9 heteroatoms. The Morgan fingerprint density at radius 3 is 1.84 bits per heavy atom. The Hall–Kier alpha value is -0.410. The molecule has 0 aliphatic rings. The van der Waals surface area contributed by atoms with Crippen LogP contribution in [0.5, 0.6) is 0 Å². The molecule has 108 valence electrons. The van der Waals surface area contributed by atoms with E-state index < -0.39 is 35.4 Å². The monoisotopic (exact) mass is 329 g/mol. The van der Waals surface area contributed by atoms with Gasteiger partial charge in [-0.25, -0.2) is 8.42 Å². The predicted molar refractivity (Wildman–Crippen MR) is 70.8 cm³/mol. The fourth-order valence-corrected chi connectivity index (χ4v) is 3.84. The molecule has 1 aromatic carbocycles. The third-order valence-electron chi connectivity index (χ3n) is 2.45. The highest BCUT2D eigenvalue weighted by molar-refractivity contribution is 7.89. The summed E-state index contributed by atoms with van der Waals surface area (Å²) in [5, 5.41) is 27.1. The Morgan fingerprint density at radius 2 is 1.47 bits per heavy atom. The van der Waals surface area contributed by atoms with Crippen molar-refractivity contribution in [3.63, 3.8) is 0 Å². The summed E-state index contributed by atoms with van der Waals surface area (Å²) >= 11 is 11.6. The van der Waals surface area contributed by atoms with Crippen LogP contribution in [0.2, 0.25) is 10.0 Å². The number of hydrogen-bond acceptors (Lipinski definition) is 5. The van der Waals surface area contributed by atoms with Crippen molar-refractivity contribution in [1.29, 1.82) is 0 Å². The minimum absolute atomic E-state index is 0.109. The Morgan fingerprint density at radius 1 is 1.05 bits per heavy atom. The van der Waals surface area contributed by atoms with Crippen molar-refractivity contribution in [3.8, 4) is 0 Å². The van der Waals surface area contributed by atoms with Gasteiger partial charge in [-0.05, 0) is 12.1 Å². The molecule has 0 spiro atoms. The van der Waals surface area contributed by atoms with Crippen molar-refractivity contribution in [2.24, 2.45) is 0 Å². The lowest BCUT2D eigenvalue weighted by atomic mass is 10.1. The van der Waals surface area contributed by atoms with Gasteiger partial charge in [0.05, 0.1) is 29.9 Å². The number of aliphatic hydroxyl groups is 3. The fraction of sp³-hybridized carbons (Fsp3) is 0.400. The minimum Gasteiger partial charge on any atom is -0.394 e. The molecule has 0 aliphatic carbocycles. The average molecular weight is 330 g/mol. The van der Waals surface area contributed by atoms with E-state index in [1.807, 2.05) is 4.72 Å². The van der Waals surface area contributed by atoms with Crippen LogP contribution >= 0.6 is 23.2 Å². The molecule has 0 heterocycles. The van der Waals surface area contributed by atoms with Gasteiger partial charge in [-0.3, -0.25) is 0 Å². The van der Waals surface area contributed by atoms with Gasteiger partial charge in [0, 0.05) is 0 Å². The Labute approximate surface area is 120 Å². The highest BCUT2D eigenvalue weighted by Gasteiger charge is 2.35.